The average Bonchev–Trinajstić information content (AvgIpc) is 0. The van der Waals surface area contributed by atoms with E-state index in [2.05, 4.69) is 0 Å². The van der Waals surface area contributed by atoms with Gasteiger partial charge >= 0.3 is 0 Å². The molecule has 0 saturated carbocycles. The summed E-state index contributed by atoms with van der Waals surface area (Å²) >= 11 is 0. The summed E-state index contributed by atoms with van der Waals surface area (Å²) in [5.41, 5.74) is 0. The standard InChI is InChI=1S/CH3.Cr.Fe.V.W/h1H3;;;;/q-1;;;;. The maximum Gasteiger partial charge on any atom is 0 e. The zero-order valence-electron chi connectivity index (χ0n) is 2.62. The molecular formula is CH3CrFeVW-. The summed E-state index contributed by atoms with van der Waals surface area (Å²) in [6.45, 7) is 0. The molecule has 0 atom stereocenters. The summed E-state index contributed by atoms with van der Waals surface area (Å²) in [6, 6.07) is 0. The van der Waals surface area contributed by atoms with Crippen LogP contribution in [0.3, 0.4) is 0 Å². The van der Waals surface area contributed by atoms with Crippen LogP contribution >= 0.6 is 0 Å². The Balaban J connectivity index is 0. The third-order valence-corrected chi connectivity index (χ3v) is 0. The smallest absolute Gasteiger partial charge is 0 e. The van der Waals surface area contributed by atoms with Gasteiger partial charge in [0.25, 0.3) is 0 Å². The first-order chi connectivity index (χ1) is 0. The molecule has 0 unspecified atom stereocenters. The third kappa shape index (κ3) is 21.9. The maximum absolute atomic E-state index is 0. The second kappa shape index (κ2) is 33.2. The molecule has 0 aliphatic rings. The van der Waals surface area contributed by atoms with Crippen LogP contribution in [0, 0.1) is 7.43 Å². The second-order valence-electron chi connectivity index (χ2n) is 0. The molecule has 4 heteroatoms. The molecule has 0 aromatic carbocycles. The van der Waals surface area contributed by atoms with E-state index in [1.807, 2.05) is 0 Å². The Morgan fingerprint density at radius 3 is 1.00 bits per heavy atom. The summed E-state index contributed by atoms with van der Waals surface area (Å²) in [5, 5.41) is 0. The van der Waals surface area contributed by atoms with Crippen molar-refractivity contribution in [2.75, 3.05) is 0 Å². The van der Waals surface area contributed by atoms with Gasteiger partial charge in [0.2, 0.25) is 0 Å². The minimum atomic E-state index is 0. The van der Waals surface area contributed by atoms with E-state index >= 15 is 0 Å². The van der Waals surface area contributed by atoms with Gasteiger partial charge in [0.05, 0.1) is 0 Å². The minimum Gasteiger partial charge on any atom is -0.358 e. The topological polar surface area (TPSA) is 0 Å². The summed E-state index contributed by atoms with van der Waals surface area (Å²) in [5.74, 6) is 0. The Labute approximate surface area is 80.6 Å². The summed E-state index contributed by atoms with van der Waals surface area (Å²) in [7, 11) is 0. The van der Waals surface area contributed by atoms with E-state index in [1.54, 1.807) is 0 Å². The molecule has 0 nitrogen and oxygen atoms in total. The zero-order valence-corrected chi connectivity index (χ0v) is 9.33. The molecule has 0 aliphatic carbocycles. The van der Waals surface area contributed by atoms with Gasteiger partial charge < -0.3 is 7.43 Å². The van der Waals surface area contributed by atoms with Gasteiger partial charge in [-0.2, -0.15) is 0 Å². The average molecular weight is 358 g/mol. The molecule has 5 heavy (non-hydrogen) atoms. The molecule has 33 valence electrons. The number of hydrogen-bond donors (Lipinski definition) is 0. The first-order valence-corrected chi connectivity index (χ1v) is 0. The molecule has 0 aliphatic heterocycles. The first-order valence-electron chi connectivity index (χ1n) is 0. The van der Waals surface area contributed by atoms with E-state index in [-0.39, 0.29) is 81.5 Å². The van der Waals surface area contributed by atoms with Crippen molar-refractivity contribution in [1.82, 2.24) is 0 Å². The Morgan fingerprint density at radius 1 is 1.00 bits per heavy atom. The van der Waals surface area contributed by atoms with Crippen molar-refractivity contribution < 1.29 is 74.1 Å². The Kier molecular flexibility index (Phi) is 360. The summed E-state index contributed by atoms with van der Waals surface area (Å²) in [4.78, 5) is 0. The van der Waals surface area contributed by atoms with E-state index in [0.29, 0.717) is 0 Å². The van der Waals surface area contributed by atoms with Crippen LogP contribution in [-0.4, -0.2) is 0 Å². The summed E-state index contributed by atoms with van der Waals surface area (Å²) in [6.07, 6.45) is 0. The Morgan fingerprint density at radius 2 is 1.00 bits per heavy atom. The maximum atomic E-state index is 0. The van der Waals surface area contributed by atoms with Crippen molar-refractivity contribution in [2.45, 2.75) is 0 Å². The predicted molar refractivity (Wildman–Crippen MR) is 6.41 cm³/mol. The second-order valence-corrected chi connectivity index (χ2v) is 0. The fraction of sp³-hybridized carbons (Fsp3) is 0. The molecule has 0 aromatic rings. The molecule has 1 radical (unpaired) electrons. The van der Waals surface area contributed by atoms with Gasteiger partial charge in [-0.05, 0) is 0 Å². The van der Waals surface area contributed by atoms with Crippen molar-refractivity contribution >= 4 is 0 Å². The van der Waals surface area contributed by atoms with Gasteiger partial charge in [0.1, 0.15) is 0 Å². The van der Waals surface area contributed by atoms with Crippen LogP contribution in [0.1, 0.15) is 0 Å². The Hall–Kier alpha value is 2.32. The van der Waals surface area contributed by atoms with Gasteiger partial charge in [-0.3, -0.25) is 0 Å². The normalized spacial score (nSPS) is 0. The van der Waals surface area contributed by atoms with E-state index in [9.17, 15) is 0 Å². The molecule has 0 bridgehead atoms. The number of rotatable bonds is 0. The van der Waals surface area contributed by atoms with Crippen molar-refractivity contribution in [3.63, 3.8) is 0 Å². The quantitative estimate of drug-likeness (QED) is 0.436. The fourth-order valence-corrected chi connectivity index (χ4v) is 0. The van der Waals surface area contributed by atoms with Crippen molar-refractivity contribution in [3.8, 4) is 0 Å². The van der Waals surface area contributed by atoms with Gasteiger partial charge in [-0.25, -0.2) is 0 Å². The van der Waals surface area contributed by atoms with E-state index in [1.165, 1.54) is 0 Å². The van der Waals surface area contributed by atoms with Crippen LogP contribution in [-0.2, 0) is 74.1 Å². The van der Waals surface area contributed by atoms with E-state index in [4.69, 9.17) is 0 Å². The van der Waals surface area contributed by atoms with E-state index in [0.717, 1.165) is 0 Å². The van der Waals surface area contributed by atoms with Crippen molar-refractivity contribution in [1.29, 1.82) is 0 Å². The van der Waals surface area contributed by atoms with Gasteiger partial charge in [-0.1, -0.05) is 0 Å². The van der Waals surface area contributed by atoms with Crippen LogP contribution in [0.4, 0.5) is 0 Å². The molecule has 0 saturated heterocycles. The zero-order chi connectivity index (χ0) is 0. The molecular weight excluding hydrogens is 355 g/mol. The molecule has 0 aromatic heterocycles. The van der Waals surface area contributed by atoms with Crippen LogP contribution in [0.25, 0.3) is 0 Å². The molecule has 0 rings (SSSR count). The van der Waals surface area contributed by atoms with Crippen LogP contribution in [0.15, 0.2) is 0 Å². The molecule has 0 fully saturated rings. The first kappa shape index (κ1) is 54.2. The van der Waals surface area contributed by atoms with Crippen LogP contribution in [0.2, 0.25) is 0 Å². The third-order valence-electron chi connectivity index (χ3n) is 0. The van der Waals surface area contributed by atoms with Crippen molar-refractivity contribution in [2.24, 2.45) is 0 Å². The largest absolute Gasteiger partial charge is 0.358 e. The predicted octanol–water partition coefficient (Wildman–Crippen LogP) is 0.440. The molecule has 0 spiro atoms. The van der Waals surface area contributed by atoms with Crippen LogP contribution in [0.5, 0.6) is 0 Å². The number of hydrogen-bond acceptors (Lipinski definition) is 0. The molecule has 0 heterocycles. The van der Waals surface area contributed by atoms with Crippen molar-refractivity contribution in [3.05, 3.63) is 7.43 Å². The fourth-order valence-electron chi connectivity index (χ4n) is 0. The van der Waals surface area contributed by atoms with Crippen LogP contribution < -0.4 is 0 Å². The minimum absolute atomic E-state index is 0. The SMILES string of the molecule is [CH3-].[Cr].[Fe].[V].[W]. The Bertz CT molecular complexity index is 11.6. The molecule has 0 N–H and O–H groups in total. The van der Waals surface area contributed by atoms with Gasteiger partial charge in [0, 0.05) is 74.1 Å². The van der Waals surface area contributed by atoms with Gasteiger partial charge in [0.15, 0.2) is 0 Å². The van der Waals surface area contributed by atoms with E-state index < -0.39 is 0 Å². The van der Waals surface area contributed by atoms with Gasteiger partial charge in [-0.15, -0.1) is 0 Å². The molecule has 0 amide bonds. The monoisotopic (exact) mass is 358 g/mol. The summed E-state index contributed by atoms with van der Waals surface area (Å²) < 4.78 is 0.